The van der Waals surface area contributed by atoms with Crippen LogP contribution in [0.15, 0.2) is 24.5 Å². The summed E-state index contributed by atoms with van der Waals surface area (Å²) in [6.45, 7) is 5.90. The molecule has 1 saturated heterocycles. The molecule has 1 fully saturated rings. The minimum Gasteiger partial charge on any atom is -0.353 e. The van der Waals surface area contributed by atoms with Crippen molar-refractivity contribution in [2.75, 3.05) is 18.0 Å². The van der Waals surface area contributed by atoms with Crippen LogP contribution < -0.4 is 4.90 Å². The average molecular weight is 283 g/mol. The fourth-order valence-electron chi connectivity index (χ4n) is 2.85. The lowest BCUT2D eigenvalue weighted by molar-refractivity contribution is 0.494. The zero-order valence-electron chi connectivity index (χ0n) is 12.1. The molecule has 0 bridgehead atoms. The molecule has 1 aliphatic heterocycles. The first-order valence-electron chi connectivity index (χ1n) is 7.15. The van der Waals surface area contributed by atoms with Crippen LogP contribution >= 0.6 is 0 Å². The molecular weight excluding hydrogens is 266 g/mol. The second-order valence-corrected chi connectivity index (χ2v) is 5.59. The summed E-state index contributed by atoms with van der Waals surface area (Å²) in [6, 6.07) is 4.40. The lowest BCUT2D eigenvalue weighted by Crippen LogP contribution is -2.22. The molecule has 0 N–H and O–H groups in total. The van der Waals surface area contributed by atoms with E-state index in [1.54, 1.807) is 4.52 Å². The van der Waals surface area contributed by atoms with Gasteiger partial charge in [0.25, 0.3) is 0 Å². The summed E-state index contributed by atoms with van der Waals surface area (Å²) in [5.74, 6) is 1.78. The van der Waals surface area contributed by atoms with E-state index >= 15 is 0 Å². The number of hydrogen-bond acceptors (Lipinski definition) is 5. The summed E-state index contributed by atoms with van der Waals surface area (Å²) >= 11 is 0. The Kier molecular flexibility index (Phi) is 2.66. The summed E-state index contributed by atoms with van der Waals surface area (Å²) in [5, 5.41) is 17.2. The third-order valence-corrected chi connectivity index (χ3v) is 4.00. The van der Waals surface area contributed by atoms with Crippen molar-refractivity contribution in [3.63, 3.8) is 0 Å². The fourth-order valence-corrected chi connectivity index (χ4v) is 2.85. The molecule has 4 heterocycles. The van der Waals surface area contributed by atoms with Crippen molar-refractivity contribution in [2.45, 2.75) is 26.3 Å². The number of anilines is 1. The highest BCUT2D eigenvalue weighted by Crippen LogP contribution is 2.25. The van der Waals surface area contributed by atoms with Crippen LogP contribution in [-0.2, 0) is 0 Å². The second kappa shape index (κ2) is 4.54. The first kappa shape index (κ1) is 12.3. The summed E-state index contributed by atoms with van der Waals surface area (Å²) in [6.07, 6.45) is 5.10. The first-order chi connectivity index (χ1) is 10.2. The van der Waals surface area contributed by atoms with Gasteiger partial charge in [0.05, 0.1) is 12.2 Å². The Hall–Kier alpha value is -2.44. The third-order valence-electron chi connectivity index (χ3n) is 4.00. The van der Waals surface area contributed by atoms with E-state index in [-0.39, 0.29) is 0 Å². The van der Waals surface area contributed by atoms with Crippen molar-refractivity contribution in [1.29, 1.82) is 0 Å². The highest BCUT2D eigenvalue weighted by molar-refractivity contribution is 5.46. The largest absolute Gasteiger partial charge is 0.353 e. The van der Waals surface area contributed by atoms with Gasteiger partial charge in [0, 0.05) is 19.3 Å². The lowest BCUT2D eigenvalue weighted by atomic mass is 10.3. The molecule has 0 amide bonds. The molecule has 0 radical (unpaired) electrons. The molecule has 3 aromatic heterocycles. The second-order valence-electron chi connectivity index (χ2n) is 5.59. The molecule has 1 aliphatic rings. The average Bonchev–Trinajstić information content (AvgIpc) is 3.19. The molecule has 0 saturated carbocycles. The van der Waals surface area contributed by atoms with Gasteiger partial charge in [0.2, 0.25) is 0 Å². The smallest absolute Gasteiger partial charge is 0.178 e. The highest BCUT2D eigenvalue weighted by Gasteiger charge is 2.25. The van der Waals surface area contributed by atoms with Crippen molar-refractivity contribution in [1.82, 2.24) is 29.6 Å². The maximum Gasteiger partial charge on any atom is 0.178 e. The van der Waals surface area contributed by atoms with E-state index in [2.05, 4.69) is 43.1 Å². The number of aryl methyl sites for hydroxylation is 2. The van der Waals surface area contributed by atoms with Crippen LogP contribution in [-0.4, -0.2) is 42.7 Å². The number of aromatic nitrogens is 6. The first-order valence-corrected chi connectivity index (χ1v) is 7.15. The molecule has 7 nitrogen and oxygen atoms in total. The summed E-state index contributed by atoms with van der Waals surface area (Å²) in [5.41, 5.74) is 1.99. The van der Waals surface area contributed by atoms with Gasteiger partial charge in [0.15, 0.2) is 11.5 Å². The zero-order chi connectivity index (χ0) is 14.4. The van der Waals surface area contributed by atoms with Gasteiger partial charge in [0.1, 0.15) is 5.82 Å². The van der Waals surface area contributed by atoms with Crippen LogP contribution in [0.25, 0.3) is 5.65 Å². The van der Waals surface area contributed by atoms with E-state index in [0.29, 0.717) is 6.04 Å². The molecule has 7 heteroatoms. The molecule has 3 aromatic rings. The quantitative estimate of drug-likeness (QED) is 0.711. The Balaban J connectivity index is 1.60. The Labute approximate surface area is 122 Å². The van der Waals surface area contributed by atoms with Gasteiger partial charge in [-0.25, -0.2) is 0 Å². The summed E-state index contributed by atoms with van der Waals surface area (Å²) in [7, 11) is 0. The monoisotopic (exact) mass is 283 g/mol. The van der Waals surface area contributed by atoms with Crippen molar-refractivity contribution in [2.24, 2.45) is 0 Å². The van der Waals surface area contributed by atoms with Crippen LogP contribution in [0.1, 0.15) is 23.9 Å². The highest BCUT2D eigenvalue weighted by atomic mass is 15.4. The molecule has 0 spiro atoms. The lowest BCUT2D eigenvalue weighted by Gasteiger charge is -2.17. The summed E-state index contributed by atoms with van der Waals surface area (Å²) in [4.78, 5) is 2.29. The molecule has 1 atom stereocenters. The van der Waals surface area contributed by atoms with Crippen molar-refractivity contribution >= 4 is 11.5 Å². The molecule has 108 valence electrons. The predicted molar refractivity (Wildman–Crippen MR) is 78.4 cm³/mol. The maximum atomic E-state index is 4.64. The van der Waals surface area contributed by atoms with Gasteiger partial charge in [-0.05, 0) is 38.0 Å². The Morgan fingerprint density at radius 1 is 1.19 bits per heavy atom. The van der Waals surface area contributed by atoms with Crippen molar-refractivity contribution in [3.05, 3.63) is 35.9 Å². The van der Waals surface area contributed by atoms with Gasteiger partial charge in [-0.15, -0.1) is 15.3 Å². The van der Waals surface area contributed by atoms with Crippen molar-refractivity contribution < 1.29 is 0 Å². The van der Waals surface area contributed by atoms with E-state index in [9.17, 15) is 0 Å². The van der Waals surface area contributed by atoms with Crippen LogP contribution in [0.2, 0.25) is 0 Å². The minimum atomic E-state index is 0.415. The third kappa shape index (κ3) is 2.05. The number of fused-ring (bicyclic) bond motifs is 1. The molecule has 0 aromatic carbocycles. The van der Waals surface area contributed by atoms with Crippen LogP contribution in [0.3, 0.4) is 0 Å². The normalized spacial score (nSPS) is 18.8. The maximum absolute atomic E-state index is 4.64. The van der Waals surface area contributed by atoms with Gasteiger partial charge in [-0.2, -0.15) is 9.61 Å². The standard InChI is InChI=1S/C14H17N7/c1-10-7-15-20(8-10)12-5-6-19(9-12)14-4-3-13-17-16-11(2)21(13)18-14/h3-4,7-8,12H,5-6,9H2,1-2H3. The molecular formula is C14H17N7. The van der Waals surface area contributed by atoms with Gasteiger partial charge >= 0.3 is 0 Å². The van der Waals surface area contributed by atoms with E-state index in [4.69, 9.17) is 0 Å². The molecule has 1 unspecified atom stereocenters. The summed E-state index contributed by atoms with van der Waals surface area (Å²) < 4.78 is 3.86. The predicted octanol–water partition coefficient (Wildman–Crippen LogP) is 1.39. The Morgan fingerprint density at radius 2 is 2.10 bits per heavy atom. The SMILES string of the molecule is Cc1cnn(C2CCN(c3ccc4nnc(C)n4n3)C2)c1. The van der Waals surface area contributed by atoms with Crippen molar-refractivity contribution in [3.8, 4) is 0 Å². The Bertz CT molecular complexity index is 788. The number of rotatable bonds is 2. The zero-order valence-corrected chi connectivity index (χ0v) is 12.1. The molecule has 21 heavy (non-hydrogen) atoms. The fraction of sp³-hybridized carbons (Fsp3) is 0.429. The minimum absolute atomic E-state index is 0.415. The van der Waals surface area contributed by atoms with Crippen LogP contribution in [0.5, 0.6) is 0 Å². The van der Waals surface area contributed by atoms with Crippen LogP contribution in [0, 0.1) is 13.8 Å². The topological polar surface area (TPSA) is 64.1 Å². The van der Waals surface area contributed by atoms with Gasteiger partial charge in [-0.3, -0.25) is 4.68 Å². The van der Waals surface area contributed by atoms with E-state index in [1.807, 2.05) is 25.3 Å². The number of nitrogens with zero attached hydrogens (tertiary/aromatic N) is 7. The molecule has 4 rings (SSSR count). The van der Waals surface area contributed by atoms with Gasteiger partial charge < -0.3 is 4.90 Å². The van der Waals surface area contributed by atoms with E-state index in [0.717, 1.165) is 36.8 Å². The molecule has 0 aliphatic carbocycles. The van der Waals surface area contributed by atoms with Crippen LogP contribution in [0.4, 0.5) is 5.82 Å². The Morgan fingerprint density at radius 3 is 2.90 bits per heavy atom. The van der Waals surface area contributed by atoms with E-state index < -0.39 is 0 Å². The number of hydrogen-bond donors (Lipinski definition) is 0. The van der Waals surface area contributed by atoms with Gasteiger partial charge in [-0.1, -0.05) is 0 Å². The van der Waals surface area contributed by atoms with E-state index in [1.165, 1.54) is 5.56 Å².